The van der Waals surface area contributed by atoms with E-state index in [1.165, 1.54) is 0 Å². The molecule has 6 heteroatoms. The number of methoxy groups -OCH3 is 1. The van der Waals surface area contributed by atoms with Crippen molar-refractivity contribution in [1.29, 1.82) is 0 Å². The molecule has 1 N–H and O–H groups in total. The van der Waals surface area contributed by atoms with E-state index in [4.69, 9.17) is 9.47 Å². The molecule has 1 aliphatic rings. The van der Waals surface area contributed by atoms with Crippen LogP contribution in [0.5, 0.6) is 5.75 Å². The number of carbonyl (C=O) groups excluding carboxylic acids is 1. The number of carbonyl (C=O) groups is 1. The molecule has 0 unspecified atom stereocenters. The Morgan fingerprint density at radius 2 is 1.94 bits per heavy atom. The zero-order valence-electron chi connectivity index (χ0n) is 9.39. The first-order valence-corrected chi connectivity index (χ1v) is 6.71. The molecule has 0 bridgehead atoms. The van der Waals surface area contributed by atoms with Crippen molar-refractivity contribution in [2.24, 2.45) is 0 Å². The first-order chi connectivity index (χ1) is 8.54. The van der Waals surface area contributed by atoms with Crippen molar-refractivity contribution in [1.82, 2.24) is 0 Å². The summed E-state index contributed by atoms with van der Waals surface area (Å²) >= 11 is 6.34. The van der Waals surface area contributed by atoms with Crippen LogP contribution in [0.15, 0.2) is 33.2 Å². The van der Waals surface area contributed by atoms with Crippen LogP contribution in [-0.2, 0) is 9.53 Å². The average molecular weight is 378 g/mol. The van der Waals surface area contributed by atoms with Crippen molar-refractivity contribution in [3.63, 3.8) is 0 Å². The minimum absolute atomic E-state index is 0.306. The van der Waals surface area contributed by atoms with Gasteiger partial charge in [0, 0.05) is 0 Å². The summed E-state index contributed by atoms with van der Waals surface area (Å²) in [6, 6.07) is 6.93. The summed E-state index contributed by atoms with van der Waals surface area (Å²) in [6.45, 7) is 0. The van der Waals surface area contributed by atoms with Gasteiger partial charge in [-0.1, -0.05) is 12.1 Å². The van der Waals surface area contributed by atoms with E-state index in [-0.39, 0.29) is 0 Å². The first kappa shape index (κ1) is 13.6. The second-order valence-electron chi connectivity index (χ2n) is 3.71. The van der Waals surface area contributed by atoms with Gasteiger partial charge < -0.3 is 14.6 Å². The minimum atomic E-state index is -0.927. The lowest BCUT2D eigenvalue weighted by Gasteiger charge is -2.18. The SMILES string of the molecule is COc1ccc([C@@H](O)[C@H]2OC(=O)C(Br)=C2Br)cc1. The van der Waals surface area contributed by atoms with Gasteiger partial charge in [0.1, 0.15) is 16.3 Å². The molecule has 0 aliphatic carbocycles. The zero-order chi connectivity index (χ0) is 13.3. The Morgan fingerprint density at radius 1 is 1.33 bits per heavy atom. The predicted molar refractivity (Wildman–Crippen MR) is 72.7 cm³/mol. The molecule has 0 radical (unpaired) electrons. The van der Waals surface area contributed by atoms with Gasteiger partial charge in [-0.3, -0.25) is 0 Å². The van der Waals surface area contributed by atoms with Crippen LogP contribution in [0.2, 0.25) is 0 Å². The van der Waals surface area contributed by atoms with Gasteiger partial charge in [-0.2, -0.15) is 0 Å². The zero-order valence-corrected chi connectivity index (χ0v) is 12.6. The number of hydrogen-bond donors (Lipinski definition) is 1. The molecule has 2 atom stereocenters. The standard InChI is InChI=1S/C12H10Br2O4/c1-17-7-4-2-6(3-5-7)10(15)11-8(13)9(14)12(16)18-11/h2-5,10-11,15H,1H3/t10-,11+/m1/s1. The van der Waals surface area contributed by atoms with Crippen molar-refractivity contribution in [2.45, 2.75) is 12.2 Å². The second kappa shape index (κ2) is 5.42. The Labute approximate surface area is 121 Å². The van der Waals surface area contributed by atoms with Crippen LogP contribution >= 0.6 is 31.9 Å². The molecule has 1 heterocycles. The molecular formula is C12H10Br2O4. The Morgan fingerprint density at radius 3 is 2.39 bits per heavy atom. The van der Waals surface area contributed by atoms with Gasteiger partial charge in [-0.25, -0.2) is 4.79 Å². The van der Waals surface area contributed by atoms with Crippen molar-refractivity contribution < 1.29 is 19.4 Å². The van der Waals surface area contributed by atoms with Crippen molar-refractivity contribution >= 4 is 37.8 Å². The van der Waals surface area contributed by atoms with E-state index < -0.39 is 18.2 Å². The lowest BCUT2D eigenvalue weighted by atomic mass is 10.0. The molecule has 96 valence electrons. The maximum atomic E-state index is 11.3. The molecule has 2 rings (SSSR count). The molecule has 1 aliphatic heterocycles. The minimum Gasteiger partial charge on any atom is -0.497 e. The number of aliphatic hydroxyl groups excluding tert-OH is 1. The average Bonchev–Trinajstić information content (AvgIpc) is 2.66. The number of cyclic esters (lactones) is 1. The summed E-state index contributed by atoms with van der Waals surface area (Å²) in [7, 11) is 1.57. The van der Waals surface area contributed by atoms with Crippen molar-refractivity contribution in [3.8, 4) is 5.75 Å². The van der Waals surface area contributed by atoms with Crippen molar-refractivity contribution in [2.75, 3.05) is 7.11 Å². The summed E-state index contributed by atoms with van der Waals surface area (Å²) in [4.78, 5) is 11.3. The number of esters is 1. The van der Waals surface area contributed by atoms with Crippen LogP contribution in [0, 0.1) is 0 Å². The highest BCUT2D eigenvalue weighted by Gasteiger charge is 2.36. The quantitative estimate of drug-likeness (QED) is 0.823. The summed E-state index contributed by atoms with van der Waals surface area (Å²) < 4.78 is 10.9. The highest BCUT2D eigenvalue weighted by atomic mass is 79.9. The van der Waals surface area contributed by atoms with Crippen LogP contribution in [0.1, 0.15) is 11.7 Å². The van der Waals surface area contributed by atoms with Gasteiger partial charge in [-0.05, 0) is 49.6 Å². The molecule has 0 amide bonds. The highest BCUT2D eigenvalue weighted by molar-refractivity contribution is 9.14. The summed E-state index contributed by atoms with van der Waals surface area (Å²) in [5.74, 6) is 0.213. The van der Waals surface area contributed by atoms with Crippen molar-refractivity contribution in [3.05, 3.63) is 38.8 Å². The number of rotatable bonds is 3. The van der Waals surface area contributed by atoms with E-state index >= 15 is 0 Å². The fourth-order valence-corrected chi connectivity index (χ4v) is 2.44. The Hall–Kier alpha value is -0.850. The molecule has 0 fully saturated rings. The van der Waals surface area contributed by atoms with E-state index in [0.29, 0.717) is 20.3 Å². The summed E-state index contributed by atoms with van der Waals surface area (Å²) in [5.41, 5.74) is 0.646. The number of halogens is 2. The summed E-state index contributed by atoms with van der Waals surface area (Å²) in [6.07, 6.45) is -1.65. The van der Waals surface area contributed by atoms with Crippen LogP contribution < -0.4 is 4.74 Å². The van der Waals surface area contributed by atoms with E-state index in [1.807, 2.05) is 0 Å². The molecular weight excluding hydrogens is 368 g/mol. The lowest BCUT2D eigenvalue weighted by Crippen LogP contribution is -2.20. The lowest BCUT2D eigenvalue weighted by molar-refractivity contribution is -0.143. The van der Waals surface area contributed by atoms with Gasteiger partial charge >= 0.3 is 5.97 Å². The van der Waals surface area contributed by atoms with Gasteiger partial charge in [0.15, 0.2) is 6.10 Å². The Bertz CT molecular complexity index is 495. The van der Waals surface area contributed by atoms with Crippen LogP contribution in [0.4, 0.5) is 0 Å². The monoisotopic (exact) mass is 376 g/mol. The second-order valence-corrected chi connectivity index (χ2v) is 5.35. The number of hydrogen-bond acceptors (Lipinski definition) is 4. The highest BCUT2D eigenvalue weighted by Crippen LogP contribution is 2.38. The Balaban J connectivity index is 2.21. The predicted octanol–water partition coefficient (Wildman–Crippen LogP) is 2.66. The normalized spacial score (nSPS) is 20.9. The topological polar surface area (TPSA) is 55.8 Å². The fraction of sp³-hybridized carbons (Fsp3) is 0.250. The molecule has 1 aromatic rings. The molecule has 1 aromatic carbocycles. The molecule has 4 nitrogen and oxygen atoms in total. The largest absolute Gasteiger partial charge is 0.497 e. The number of ether oxygens (including phenoxy) is 2. The third-order valence-electron chi connectivity index (χ3n) is 2.62. The number of aliphatic hydroxyl groups is 1. The molecule has 18 heavy (non-hydrogen) atoms. The van der Waals surface area contributed by atoms with E-state index in [9.17, 15) is 9.90 Å². The van der Waals surface area contributed by atoms with E-state index in [0.717, 1.165) is 0 Å². The first-order valence-electron chi connectivity index (χ1n) is 5.12. The van der Waals surface area contributed by atoms with E-state index in [1.54, 1.807) is 31.4 Å². The molecule has 0 spiro atoms. The Kier molecular flexibility index (Phi) is 4.09. The molecule has 0 aromatic heterocycles. The van der Waals surface area contributed by atoms with Crippen LogP contribution in [-0.4, -0.2) is 24.3 Å². The van der Waals surface area contributed by atoms with Crippen LogP contribution in [0.3, 0.4) is 0 Å². The van der Waals surface area contributed by atoms with E-state index in [2.05, 4.69) is 31.9 Å². The maximum Gasteiger partial charge on any atom is 0.346 e. The third-order valence-corrected chi connectivity index (χ3v) is 4.75. The summed E-state index contributed by atoms with van der Waals surface area (Å²) in [5, 5.41) is 10.2. The molecule has 0 saturated heterocycles. The third kappa shape index (κ3) is 2.46. The van der Waals surface area contributed by atoms with Crippen LogP contribution in [0.25, 0.3) is 0 Å². The number of benzene rings is 1. The van der Waals surface area contributed by atoms with Gasteiger partial charge in [0.25, 0.3) is 0 Å². The van der Waals surface area contributed by atoms with Gasteiger partial charge in [0.05, 0.1) is 11.6 Å². The molecule has 0 saturated carbocycles. The smallest absolute Gasteiger partial charge is 0.346 e. The van der Waals surface area contributed by atoms with Gasteiger partial charge in [-0.15, -0.1) is 0 Å². The maximum absolute atomic E-state index is 11.3. The van der Waals surface area contributed by atoms with Gasteiger partial charge in [0.2, 0.25) is 0 Å². The fourth-order valence-electron chi connectivity index (χ4n) is 1.62.